The van der Waals surface area contributed by atoms with Gasteiger partial charge in [0.15, 0.2) is 6.61 Å². The molecule has 1 aromatic heterocycles. The number of fused-ring (bicyclic) bond motifs is 1. The molecule has 3 N–H and O–H groups in total. The van der Waals surface area contributed by atoms with E-state index in [1.807, 2.05) is 0 Å². The third-order valence-electron chi connectivity index (χ3n) is 5.87. The molecule has 0 saturated carbocycles. The average Bonchev–Trinajstić information content (AvgIpc) is 2.93. The summed E-state index contributed by atoms with van der Waals surface area (Å²) in [5.41, 5.74) is 4.74. The van der Waals surface area contributed by atoms with Crippen molar-refractivity contribution in [3.8, 4) is 0 Å². The monoisotopic (exact) mass is 552 g/mol. The molecule has 1 amide bonds. The summed E-state index contributed by atoms with van der Waals surface area (Å²) in [7, 11) is 1.09. The summed E-state index contributed by atoms with van der Waals surface area (Å²) < 4.78 is 11.2. The first-order valence-electron chi connectivity index (χ1n) is 11.7. The molecule has 0 spiro atoms. The fraction of sp³-hybridized carbons (Fsp3) is 0.231. The zero-order valence-corrected chi connectivity index (χ0v) is 21.6. The molecular weight excluding hydrogens is 528 g/mol. The van der Waals surface area contributed by atoms with E-state index in [0.717, 1.165) is 16.6 Å². The van der Waals surface area contributed by atoms with E-state index in [1.165, 1.54) is 11.8 Å². The number of ether oxygens (including phenoxy) is 2. The van der Waals surface area contributed by atoms with Crippen molar-refractivity contribution in [3.05, 3.63) is 86.6 Å². The number of amides is 1. The largest absolute Gasteiger partial charge is 0.468 e. The zero-order chi connectivity index (χ0) is 28.1. The van der Waals surface area contributed by atoms with Gasteiger partial charge in [0, 0.05) is 4.90 Å². The van der Waals surface area contributed by atoms with Crippen molar-refractivity contribution in [2.45, 2.75) is 29.7 Å². The molecular formula is C26H24N4O8S. The van der Waals surface area contributed by atoms with Gasteiger partial charge in [0.2, 0.25) is 11.7 Å². The minimum absolute atomic E-state index is 0.0947. The van der Waals surface area contributed by atoms with E-state index in [-0.39, 0.29) is 18.9 Å². The number of hydrogen-bond acceptors (Lipinski definition) is 10. The van der Waals surface area contributed by atoms with Crippen LogP contribution in [0.3, 0.4) is 0 Å². The molecule has 13 heteroatoms. The number of Topliss-reactive ketones (excluding diaryl/α,β-unsaturated/α-hetero) is 1. The van der Waals surface area contributed by atoms with Gasteiger partial charge in [-0.1, -0.05) is 42.5 Å². The topological polar surface area (TPSA) is 169 Å². The third kappa shape index (κ3) is 6.09. The number of nitrogens with zero attached hydrogens (tertiary/aromatic N) is 2. The fourth-order valence-corrected chi connectivity index (χ4v) is 4.98. The zero-order valence-electron chi connectivity index (χ0n) is 20.7. The van der Waals surface area contributed by atoms with Crippen molar-refractivity contribution in [3.63, 3.8) is 0 Å². The molecule has 0 bridgehead atoms. The van der Waals surface area contributed by atoms with Gasteiger partial charge in [-0.2, -0.15) is 0 Å². The molecule has 12 nitrogen and oxygen atoms in total. The van der Waals surface area contributed by atoms with Crippen LogP contribution in [0.25, 0.3) is 0 Å². The summed E-state index contributed by atoms with van der Waals surface area (Å²) in [6.07, 6.45) is -0.326. The number of aromatic nitrogens is 2. The molecule has 2 aromatic carbocycles. The molecule has 202 valence electrons. The second kappa shape index (κ2) is 11.8. The predicted molar refractivity (Wildman–Crippen MR) is 142 cm³/mol. The van der Waals surface area contributed by atoms with Gasteiger partial charge in [-0.05, 0) is 17.7 Å². The van der Waals surface area contributed by atoms with Gasteiger partial charge in [-0.25, -0.2) is 9.36 Å². The summed E-state index contributed by atoms with van der Waals surface area (Å²) in [6.45, 7) is -1.71. The Morgan fingerprint density at radius 1 is 0.974 bits per heavy atom. The van der Waals surface area contributed by atoms with Gasteiger partial charge in [-0.15, -0.1) is 11.8 Å². The highest BCUT2D eigenvalue weighted by atomic mass is 32.2. The molecule has 1 atom stereocenters. The van der Waals surface area contributed by atoms with Crippen molar-refractivity contribution < 1.29 is 28.7 Å². The standard InChI is InChI=1S/C26H24N4O8S/c1-37-21(33)13-30-25(35)22(23(27)29(26(30)36)12-15-7-3-2-4-8-15)17(31)14-38-20(32)11-19-24(34)28-16-9-5-6-10-18(16)39-19/h2-10,19H,11-14,27H2,1H3,(H,28,34)/t19-/m0/s1. The van der Waals surface area contributed by atoms with E-state index in [0.29, 0.717) is 15.8 Å². The van der Waals surface area contributed by atoms with Gasteiger partial charge >= 0.3 is 17.6 Å². The molecule has 3 aromatic rings. The van der Waals surface area contributed by atoms with Gasteiger partial charge in [0.1, 0.15) is 17.9 Å². The highest BCUT2D eigenvalue weighted by Gasteiger charge is 2.30. The van der Waals surface area contributed by atoms with Gasteiger partial charge in [0.05, 0.1) is 31.0 Å². The molecule has 0 saturated heterocycles. The normalized spacial score (nSPS) is 14.2. The lowest BCUT2D eigenvalue weighted by Gasteiger charge is -2.23. The van der Waals surface area contributed by atoms with Crippen LogP contribution >= 0.6 is 11.8 Å². The summed E-state index contributed by atoms with van der Waals surface area (Å²) in [5.74, 6) is -3.53. The Morgan fingerprint density at radius 3 is 2.38 bits per heavy atom. The van der Waals surface area contributed by atoms with E-state index in [2.05, 4.69) is 10.1 Å². The summed E-state index contributed by atoms with van der Waals surface area (Å²) >= 11 is 1.19. The lowest BCUT2D eigenvalue weighted by molar-refractivity contribution is -0.143. The SMILES string of the molecule is COC(=O)Cn1c(=O)c(C(=O)COC(=O)C[C@@H]2Sc3ccccc3NC2=O)c(N)n(Cc2ccccc2)c1=O. The third-order valence-corrected chi connectivity index (χ3v) is 7.14. The van der Waals surface area contributed by atoms with Crippen molar-refractivity contribution >= 4 is 46.9 Å². The molecule has 1 aliphatic rings. The number of methoxy groups -OCH3 is 1. The second-order valence-electron chi connectivity index (χ2n) is 8.46. The number of esters is 2. The number of para-hydroxylation sites is 1. The van der Waals surface area contributed by atoms with Gasteiger partial charge in [0.25, 0.3) is 5.56 Å². The Hall–Kier alpha value is -4.65. The molecule has 0 aliphatic carbocycles. The maximum Gasteiger partial charge on any atom is 0.333 e. The van der Waals surface area contributed by atoms with E-state index in [1.54, 1.807) is 54.6 Å². The molecule has 1 aliphatic heterocycles. The highest BCUT2D eigenvalue weighted by molar-refractivity contribution is 8.01. The minimum atomic E-state index is -1.12. The molecule has 2 heterocycles. The van der Waals surface area contributed by atoms with Crippen LogP contribution in [0.2, 0.25) is 0 Å². The van der Waals surface area contributed by atoms with Crippen LogP contribution in [0.1, 0.15) is 22.3 Å². The smallest absolute Gasteiger partial charge is 0.333 e. The number of carbonyl (C=O) groups is 4. The quantitative estimate of drug-likeness (QED) is 0.289. The number of anilines is 2. The van der Waals surface area contributed by atoms with Crippen LogP contribution in [0.15, 0.2) is 69.1 Å². The van der Waals surface area contributed by atoms with E-state index >= 15 is 0 Å². The number of carbonyl (C=O) groups excluding carboxylic acids is 4. The van der Waals surface area contributed by atoms with Crippen LogP contribution in [0.4, 0.5) is 11.5 Å². The van der Waals surface area contributed by atoms with Crippen LogP contribution in [0, 0.1) is 0 Å². The number of benzene rings is 2. The average molecular weight is 553 g/mol. The van der Waals surface area contributed by atoms with Crippen molar-refractivity contribution in [1.29, 1.82) is 0 Å². The van der Waals surface area contributed by atoms with E-state index in [4.69, 9.17) is 10.5 Å². The van der Waals surface area contributed by atoms with Crippen LogP contribution in [-0.2, 0) is 36.9 Å². The number of rotatable bonds is 9. The van der Waals surface area contributed by atoms with Crippen molar-refractivity contribution in [1.82, 2.24) is 9.13 Å². The predicted octanol–water partition coefficient (Wildman–Crippen LogP) is 1.04. The first-order chi connectivity index (χ1) is 18.7. The molecule has 39 heavy (non-hydrogen) atoms. The first-order valence-corrected chi connectivity index (χ1v) is 12.6. The number of nitrogens with two attached hydrogens (primary N) is 1. The Bertz CT molecular complexity index is 1560. The van der Waals surface area contributed by atoms with Gasteiger partial charge in [-0.3, -0.25) is 28.5 Å². The number of ketones is 1. The first kappa shape index (κ1) is 27.4. The lowest BCUT2D eigenvalue weighted by atomic mass is 10.1. The fourth-order valence-electron chi connectivity index (χ4n) is 3.88. The number of hydrogen-bond donors (Lipinski definition) is 2. The van der Waals surface area contributed by atoms with Crippen LogP contribution in [0.5, 0.6) is 0 Å². The number of nitrogen functional groups attached to an aromatic ring is 1. The van der Waals surface area contributed by atoms with Crippen LogP contribution in [-0.4, -0.2) is 51.7 Å². The number of nitrogens with one attached hydrogen (secondary N) is 1. The summed E-state index contributed by atoms with van der Waals surface area (Å²) in [4.78, 5) is 76.7. The molecule has 0 fully saturated rings. The van der Waals surface area contributed by atoms with E-state index in [9.17, 15) is 28.8 Å². The Balaban J connectivity index is 1.55. The minimum Gasteiger partial charge on any atom is -0.468 e. The number of thioether (sulfide) groups is 1. The second-order valence-corrected chi connectivity index (χ2v) is 9.71. The summed E-state index contributed by atoms with van der Waals surface area (Å²) in [6, 6.07) is 15.8. The molecule has 0 unspecified atom stereocenters. The Kier molecular flexibility index (Phi) is 8.30. The van der Waals surface area contributed by atoms with Crippen LogP contribution < -0.4 is 22.3 Å². The maximum absolute atomic E-state index is 13.1. The Morgan fingerprint density at radius 2 is 1.67 bits per heavy atom. The Labute approximate surface area is 225 Å². The lowest BCUT2D eigenvalue weighted by Crippen LogP contribution is -2.46. The van der Waals surface area contributed by atoms with E-state index < -0.39 is 58.8 Å². The maximum atomic E-state index is 13.1. The molecule has 4 rings (SSSR count). The van der Waals surface area contributed by atoms with Crippen molar-refractivity contribution in [2.75, 3.05) is 24.8 Å². The summed E-state index contributed by atoms with van der Waals surface area (Å²) in [5, 5.41) is 1.93. The molecule has 0 radical (unpaired) electrons. The van der Waals surface area contributed by atoms with Gasteiger partial charge < -0.3 is 20.5 Å². The van der Waals surface area contributed by atoms with Crippen molar-refractivity contribution in [2.24, 2.45) is 0 Å². The highest BCUT2D eigenvalue weighted by Crippen LogP contribution is 2.36.